The minimum atomic E-state index is -0.280. The maximum absolute atomic E-state index is 12.3. The average Bonchev–Trinajstić information content (AvgIpc) is 3.21. The molecule has 3 rings (SSSR count). The van der Waals surface area contributed by atoms with E-state index < -0.39 is 0 Å². The van der Waals surface area contributed by atoms with Crippen LogP contribution in [0.3, 0.4) is 0 Å². The molecule has 1 atom stereocenters. The van der Waals surface area contributed by atoms with Crippen molar-refractivity contribution in [2.24, 2.45) is 0 Å². The van der Waals surface area contributed by atoms with Crippen LogP contribution in [0.15, 0.2) is 58.6 Å². The molecule has 2 aromatic heterocycles. The molecular formula is C16H13ClN2OS2. The van der Waals surface area contributed by atoms with Crippen LogP contribution in [0.5, 0.6) is 0 Å². The van der Waals surface area contributed by atoms with Gasteiger partial charge in [-0.05, 0) is 46.0 Å². The van der Waals surface area contributed by atoms with Crippen LogP contribution >= 0.6 is 34.3 Å². The van der Waals surface area contributed by atoms with Gasteiger partial charge in [0.05, 0.1) is 16.8 Å². The summed E-state index contributed by atoms with van der Waals surface area (Å²) in [6.45, 7) is 0. The van der Waals surface area contributed by atoms with Crippen molar-refractivity contribution < 1.29 is 4.79 Å². The lowest BCUT2D eigenvalue weighted by atomic mass is 10.1. The van der Waals surface area contributed by atoms with Gasteiger partial charge in [0.1, 0.15) is 0 Å². The highest BCUT2D eigenvalue weighted by atomic mass is 35.5. The zero-order chi connectivity index (χ0) is 15.4. The summed E-state index contributed by atoms with van der Waals surface area (Å²) in [4.78, 5) is 13.4. The number of amides is 2. The second kappa shape index (κ2) is 6.96. The fraction of sp³-hybridized carbons (Fsp3) is 0.0625. The van der Waals surface area contributed by atoms with E-state index in [0.29, 0.717) is 10.7 Å². The van der Waals surface area contributed by atoms with Gasteiger partial charge >= 0.3 is 6.03 Å². The summed E-state index contributed by atoms with van der Waals surface area (Å²) in [5.41, 5.74) is 1.67. The molecule has 0 fully saturated rings. The number of hydrogen-bond donors (Lipinski definition) is 2. The van der Waals surface area contributed by atoms with E-state index in [1.54, 1.807) is 34.8 Å². The van der Waals surface area contributed by atoms with Gasteiger partial charge < -0.3 is 10.6 Å². The number of thiophene rings is 2. The highest BCUT2D eigenvalue weighted by Crippen LogP contribution is 2.28. The summed E-state index contributed by atoms with van der Waals surface area (Å²) in [5.74, 6) is 0. The van der Waals surface area contributed by atoms with Crippen molar-refractivity contribution in [2.75, 3.05) is 5.32 Å². The number of anilines is 1. The van der Waals surface area contributed by atoms with Gasteiger partial charge in [-0.25, -0.2) is 4.79 Å². The van der Waals surface area contributed by atoms with E-state index >= 15 is 0 Å². The van der Waals surface area contributed by atoms with E-state index in [2.05, 4.69) is 10.6 Å². The zero-order valence-corrected chi connectivity index (χ0v) is 13.8. The van der Waals surface area contributed by atoms with Crippen LogP contribution in [0, 0.1) is 0 Å². The molecule has 0 saturated carbocycles. The first-order valence-corrected chi connectivity index (χ1v) is 8.81. The van der Waals surface area contributed by atoms with E-state index in [-0.39, 0.29) is 12.1 Å². The Hall–Kier alpha value is -1.82. The molecule has 0 aliphatic rings. The maximum atomic E-state index is 12.3. The van der Waals surface area contributed by atoms with E-state index in [1.807, 2.05) is 46.5 Å². The number of carbonyl (C=O) groups is 1. The lowest BCUT2D eigenvalue weighted by Crippen LogP contribution is -2.32. The fourth-order valence-electron chi connectivity index (χ4n) is 2.07. The zero-order valence-electron chi connectivity index (χ0n) is 11.5. The lowest BCUT2D eigenvalue weighted by Gasteiger charge is -2.17. The Bertz CT molecular complexity index is 707. The van der Waals surface area contributed by atoms with Crippen molar-refractivity contribution in [3.8, 4) is 0 Å². The molecule has 0 aliphatic heterocycles. The van der Waals surface area contributed by atoms with E-state index in [4.69, 9.17) is 11.6 Å². The standard InChI is InChI=1S/C16H13ClN2OS2/c17-12-4-1-2-5-13(12)18-16(20)19-15(11-7-9-21-10-11)14-6-3-8-22-14/h1-10,15H,(H2,18,19,20)/t15-/m1/s1. The first kappa shape index (κ1) is 15.1. The molecule has 0 radical (unpaired) electrons. The predicted octanol–water partition coefficient (Wildman–Crippen LogP) is 5.37. The van der Waals surface area contributed by atoms with Gasteiger partial charge in [0, 0.05) is 4.88 Å². The van der Waals surface area contributed by atoms with E-state index in [0.717, 1.165) is 10.4 Å². The SMILES string of the molecule is O=C(Nc1ccccc1Cl)N[C@H](c1ccsc1)c1cccs1. The van der Waals surface area contributed by atoms with Crippen LogP contribution in [0.2, 0.25) is 5.02 Å². The second-order valence-electron chi connectivity index (χ2n) is 4.58. The number of urea groups is 1. The van der Waals surface area contributed by atoms with E-state index in [9.17, 15) is 4.79 Å². The molecule has 2 N–H and O–H groups in total. The van der Waals surface area contributed by atoms with E-state index in [1.165, 1.54) is 0 Å². The van der Waals surface area contributed by atoms with Gasteiger partial charge in [0.25, 0.3) is 0 Å². The molecule has 0 spiro atoms. The molecule has 0 saturated heterocycles. The molecule has 0 aliphatic carbocycles. The molecule has 1 aromatic carbocycles. The Morgan fingerprint density at radius 2 is 1.95 bits per heavy atom. The van der Waals surface area contributed by atoms with Crippen LogP contribution < -0.4 is 10.6 Å². The van der Waals surface area contributed by atoms with Gasteiger partial charge in [0.2, 0.25) is 0 Å². The van der Waals surface area contributed by atoms with Crippen molar-refractivity contribution in [3.63, 3.8) is 0 Å². The summed E-state index contributed by atoms with van der Waals surface area (Å²) < 4.78 is 0. The molecule has 2 amide bonds. The molecule has 112 valence electrons. The predicted molar refractivity (Wildman–Crippen MR) is 94.1 cm³/mol. The summed E-state index contributed by atoms with van der Waals surface area (Å²) in [6, 6.07) is 12.7. The Labute approximate surface area is 141 Å². The van der Waals surface area contributed by atoms with Gasteiger partial charge in [-0.3, -0.25) is 0 Å². The third kappa shape index (κ3) is 3.50. The minimum Gasteiger partial charge on any atom is -0.326 e. The van der Waals surface area contributed by atoms with Crippen molar-refractivity contribution in [1.82, 2.24) is 5.32 Å². The second-order valence-corrected chi connectivity index (χ2v) is 6.75. The van der Waals surface area contributed by atoms with Gasteiger partial charge in [-0.15, -0.1) is 11.3 Å². The first-order chi connectivity index (χ1) is 10.7. The van der Waals surface area contributed by atoms with Crippen LogP contribution in [0.1, 0.15) is 16.5 Å². The molecule has 22 heavy (non-hydrogen) atoms. The Morgan fingerprint density at radius 1 is 1.09 bits per heavy atom. The normalized spacial score (nSPS) is 11.9. The quantitative estimate of drug-likeness (QED) is 0.653. The van der Waals surface area contributed by atoms with Gasteiger partial charge in [-0.1, -0.05) is 29.8 Å². The molecular weight excluding hydrogens is 336 g/mol. The highest BCUT2D eigenvalue weighted by Gasteiger charge is 2.18. The molecule has 6 heteroatoms. The Balaban J connectivity index is 1.77. The maximum Gasteiger partial charge on any atom is 0.320 e. The van der Waals surface area contributed by atoms with Crippen LogP contribution in [-0.2, 0) is 0 Å². The average molecular weight is 349 g/mol. The number of hydrogen-bond acceptors (Lipinski definition) is 3. The summed E-state index contributed by atoms with van der Waals surface area (Å²) in [7, 11) is 0. The number of nitrogens with one attached hydrogen (secondary N) is 2. The molecule has 2 heterocycles. The number of halogens is 1. The van der Waals surface area contributed by atoms with Gasteiger partial charge in [-0.2, -0.15) is 11.3 Å². The number of rotatable bonds is 4. The third-order valence-corrected chi connectivity index (χ3v) is 5.07. The first-order valence-electron chi connectivity index (χ1n) is 6.61. The molecule has 3 nitrogen and oxygen atoms in total. The smallest absolute Gasteiger partial charge is 0.320 e. The highest BCUT2D eigenvalue weighted by molar-refractivity contribution is 7.10. The number of benzene rings is 1. The van der Waals surface area contributed by atoms with Crippen molar-refractivity contribution >= 4 is 46.0 Å². The van der Waals surface area contributed by atoms with Crippen LogP contribution in [0.4, 0.5) is 10.5 Å². The Morgan fingerprint density at radius 3 is 2.64 bits per heavy atom. The Kier molecular flexibility index (Phi) is 4.77. The number of carbonyl (C=O) groups excluding carboxylic acids is 1. The summed E-state index contributed by atoms with van der Waals surface area (Å²) in [6.07, 6.45) is 0. The topological polar surface area (TPSA) is 41.1 Å². The van der Waals surface area contributed by atoms with Crippen molar-refractivity contribution in [2.45, 2.75) is 6.04 Å². The largest absolute Gasteiger partial charge is 0.326 e. The summed E-state index contributed by atoms with van der Waals surface area (Å²) >= 11 is 9.29. The molecule has 0 unspecified atom stereocenters. The lowest BCUT2D eigenvalue weighted by molar-refractivity contribution is 0.250. The van der Waals surface area contributed by atoms with Crippen LogP contribution in [-0.4, -0.2) is 6.03 Å². The van der Waals surface area contributed by atoms with Crippen molar-refractivity contribution in [3.05, 3.63) is 74.1 Å². The third-order valence-electron chi connectivity index (χ3n) is 3.10. The summed E-state index contributed by atoms with van der Waals surface area (Å²) in [5, 5.41) is 12.4. The van der Waals surface area contributed by atoms with Crippen LogP contribution in [0.25, 0.3) is 0 Å². The monoisotopic (exact) mass is 348 g/mol. The van der Waals surface area contributed by atoms with Crippen molar-refractivity contribution in [1.29, 1.82) is 0 Å². The molecule has 0 bridgehead atoms. The molecule has 3 aromatic rings. The minimum absolute atomic E-state index is 0.159. The van der Waals surface area contributed by atoms with Gasteiger partial charge in [0.15, 0.2) is 0 Å². The number of para-hydroxylation sites is 1. The fourth-order valence-corrected chi connectivity index (χ4v) is 3.74.